The molecule has 1 heterocycles. The van der Waals surface area contributed by atoms with E-state index >= 15 is 0 Å². The van der Waals surface area contributed by atoms with Crippen LogP contribution >= 0.6 is 0 Å². The summed E-state index contributed by atoms with van der Waals surface area (Å²) in [4.78, 5) is 9.18. The molecule has 0 unspecified atom stereocenters. The molecule has 10 heavy (non-hydrogen) atoms. The van der Waals surface area contributed by atoms with Crippen molar-refractivity contribution < 1.29 is 19.2 Å². The summed E-state index contributed by atoms with van der Waals surface area (Å²) in [5.74, 6) is 0. The fraction of sp³-hybridized carbons (Fsp3) is 1.00. The van der Waals surface area contributed by atoms with Gasteiger partial charge in [0.2, 0.25) is 12.6 Å². The van der Waals surface area contributed by atoms with E-state index in [-0.39, 0.29) is 12.6 Å². The monoisotopic (exact) mass is 148 g/mol. The molecule has 1 rings (SSSR count). The first-order valence-electron chi connectivity index (χ1n) is 3.43. The van der Waals surface area contributed by atoms with Crippen molar-refractivity contribution >= 4 is 0 Å². The van der Waals surface area contributed by atoms with Crippen molar-refractivity contribution in [1.29, 1.82) is 0 Å². The van der Waals surface area contributed by atoms with Crippen molar-refractivity contribution in [2.75, 3.05) is 13.2 Å². The predicted molar refractivity (Wildman–Crippen MR) is 33.0 cm³/mol. The molecule has 0 amide bonds. The number of hydrogen-bond acceptors (Lipinski definition) is 4. The van der Waals surface area contributed by atoms with Gasteiger partial charge in [0, 0.05) is 13.2 Å². The Hall–Kier alpha value is -0.160. The van der Waals surface area contributed by atoms with Crippen LogP contribution in [0.5, 0.6) is 0 Å². The van der Waals surface area contributed by atoms with E-state index in [0.717, 1.165) is 0 Å². The first-order valence-corrected chi connectivity index (χ1v) is 3.43. The molecule has 1 saturated heterocycles. The second-order valence-corrected chi connectivity index (χ2v) is 1.84. The van der Waals surface area contributed by atoms with E-state index < -0.39 is 0 Å². The van der Waals surface area contributed by atoms with E-state index in [1.165, 1.54) is 0 Å². The van der Waals surface area contributed by atoms with Gasteiger partial charge in [-0.25, -0.2) is 0 Å². The summed E-state index contributed by atoms with van der Waals surface area (Å²) in [6, 6.07) is 0. The minimum atomic E-state index is -0.329. The zero-order valence-corrected chi connectivity index (χ0v) is 6.20. The lowest BCUT2D eigenvalue weighted by atomic mass is 10.5. The maximum Gasteiger partial charge on any atom is 0.246 e. The lowest BCUT2D eigenvalue weighted by molar-refractivity contribution is -0.565. The molecule has 0 aromatic carbocycles. The lowest BCUT2D eigenvalue weighted by Gasteiger charge is -2.32. The van der Waals surface area contributed by atoms with Crippen LogP contribution in [-0.2, 0) is 19.2 Å². The Morgan fingerprint density at radius 1 is 1.00 bits per heavy atom. The molecule has 4 nitrogen and oxygen atoms in total. The van der Waals surface area contributed by atoms with Gasteiger partial charge >= 0.3 is 0 Å². The molecule has 0 N–H and O–H groups in total. The molecule has 2 atom stereocenters. The minimum Gasteiger partial charge on any atom is -0.346 e. The standard InChI is InChI=1S/C6H12O4/c1-3-7-5-6(8-4-2)10-9-5/h5-6H,3-4H2,1-2H3/t5-,6+. The molecule has 1 fully saturated rings. The summed E-state index contributed by atoms with van der Waals surface area (Å²) in [7, 11) is 0. The fourth-order valence-electron chi connectivity index (χ4n) is 0.688. The van der Waals surface area contributed by atoms with Crippen molar-refractivity contribution in [3.05, 3.63) is 0 Å². The average Bonchev–Trinajstić information content (AvgIpc) is 1.93. The summed E-state index contributed by atoms with van der Waals surface area (Å²) >= 11 is 0. The van der Waals surface area contributed by atoms with Crippen LogP contribution in [0.3, 0.4) is 0 Å². The highest BCUT2D eigenvalue weighted by molar-refractivity contribution is 4.52. The summed E-state index contributed by atoms with van der Waals surface area (Å²) < 4.78 is 10.1. The number of rotatable bonds is 4. The van der Waals surface area contributed by atoms with Crippen LogP contribution in [0.15, 0.2) is 0 Å². The molecular formula is C6H12O4. The lowest BCUT2D eigenvalue weighted by Crippen LogP contribution is -2.46. The topological polar surface area (TPSA) is 36.9 Å². The fourth-order valence-corrected chi connectivity index (χ4v) is 0.688. The molecule has 4 heteroatoms. The van der Waals surface area contributed by atoms with Crippen LogP contribution < -0.4 is 0 Å². The Kier molecular flexibility index (Phi) is 3.08. The van der Waals surface area contributed by atoms with Crippen molar-refractivity contribution in [3.8, 4) is 0 Å². The Morgan fingerprint density at radius 2 is 1.40 bits per heavy atom. The highest BCUT2D eigenvalue weighted by Crippen LogP contribution is 2.18. The molecule has 1 aliphatic heterocycles. The maximum absolute atomic E-state index is 5.07. The van der Waals surface area contributed by atoms with Crippen LogP contribution in [0, 0.1) is 0 Å². The molecule has 0 aromatic rings. The summed E-state index contributed by atoms with van der Waals surface area (Å²) in [5, 5.41) is 0. The van der Waals surface area contributed by atoms with Crippen molar-refractivity contribution in [1.82, 2.24) is 0 Å². The van der Waals surface area contributed by atoms with E-state index in [4.69, 9.17) is 9.47 Å². The molecule has 0 bridgehead atoms. The summed E-state index contributed by atoms with van der Waals surface area (Å²) in [6.07, 6.45) is -0.658. The molecule has 0 radical (unpaired) electrons. The molecular weight excluding hydrogens is 136 g/mol. The molecule has 0 saturated carbocycles. The van der Waals surface area contributed by atoms with Gasteiger partial charge in [-0.1, -0.05) is 0 Å². The zero-order valence-electron chi connectivity index (χ0n) is 6.20. The third-order valence-electron chi connectivity index (χ3n) is 1.13. The Morgan fingerprint density at radius 3 is 1.60 bits per heavy atom. The zero-order chi connectivity index (χ0) is 7.40. The third kappa shape index (κ3) is 1.67. The number of ether oxygens (including phenoxy) is 2. The van der Waals surface area contributed by atoms with Gasteiger partial charge in [0.1, 0.15) is 0 Å². The van der Waals surface area contributed by atoms with E-state index in [1.807, 2.05) is 13.8 Å². The van der Waals surface area contributed by atoms with Crippen LogP contribution in [0.25, 0.3) is 0 Å². The molecule has 60 valence electrons. The van der Waals surface area contributed by atoms with Gasteiger partial charge in [-0.15, -0.1) is 0 Å². The van der Waals surface area contributed by atoms with E-state index in [0.29, 0.717) is 13.2 Å². The third-order valence-corrected chi connectivity index (χ3v) is 1.13. The van der Waals surface area contributed by atoms with Crippen molar-refractivity contribution in [3.63, 3.8) is 0 Å². The van der Waals surface area contributed by atoms with Gasteiger partial charge in [0.15, 0.2) is 0 Å². The van der Waals surface area contributed by atoms with Gasteiger partial charge in [0.05, 0.1) is 0 Å². The van der Waals surface area contributed by atoms with Gasteiger partial charge in [-0.05, 0) is 13.8 Å². The van der Waals surface area contributed by atoms with Crippen LogP contribution in [0.2, 0.25) is 0 Å². The normalized spacial score (nSPS) is 31.8. The second-order valence-electron chi connectivity index (χ2n) is 1.84. The minimum absolute atomic E-state index is 0.329. The molecule has 0 aromatic heterocycles. The highest BCUT2D eigenvalue weighted by Gasteiger charge is 2.36. The van der Waals surface area contributed by atoms with E-state index in [1.54, 1.807) is 0 Å². The Labute approximate surface area is 59.9 Å². The Bertz CT molecular complexity index is 83.7. The van der Waals surface area contributed by atoms with Crippen LogP contribution in [0.4, 0.5) is 0 Å². The van der Waals surface area contributed by atoms with Crippen molar-refractivity contribution in [2.45, 2.75) is 26.4 Å². The van der Waals surface area contributed by atoms with Crippen molar-refractivity contribution in [2.24, 2.45) is 0 Å². The number of hydrogen-bond donors (Lipinski definition) is 0. The predicted octanol–water partition coefficient (Wildman–Crippen LogP) is 0.673. The summed E-state index contributed by atoms with van der Waals surface area (Å²) in [6.45, 7) is 5.00. The average molecular weight is 148 g/mol. The molecule has 0 aliphatic carbocycles. The SMILES string of the molecule is CCO[C@@H]1OO[C@@H]1OCC. The highest BCUT2D eigenvalue weighted by atomic mass is 17.3. The van der Waals surface area contributed by atoms with Gasteiger partial charge in [-0.3, -0.25) is 0 Å². The van der Waals surface area contributed by atoms with Gasteiger partial charge in [0.25, 0.3) is 0 Å². The van der Waals surface area contributed by atoms with Crippen LogP contribution in [0.1, 0.15) is 13.8 Å². The second kappa shape index (κ2) is 3.88. The smallest absolute Gasteiger partial charge is 0.246 e. The summed E-state index contributed by atoms with van der Waals surface area (Å²) in [5.41, 5.74) is 0. The van der Waals surface area contributed by atoms with E-state index in [2.05, 4.69) is 9.78 Å². The van der Waals surface area contributed by atoms with Gasteiger partial charge in [-0.2, -0.15) is 9.78 Å². The maximum atomic E-state index is 5.07. The van der Waals surface area contributed by atoms with E-state index in [9.17, 15) is 0 Å². The molecule has 1 aliphatic rings. The first-order chi connectivity index (χ1) is 4.88. The quantitative estimate of drug-likeness (QED) is 0.549. The first kappa shape index (κ1) is 7.94. The molecule has 0 spiro atoms. The van der Waals surface area contributed by atoms with Gasteiger partial charge < -0.3 is 9.47 Å². The largest absolute Gasteiger partial charge is 0.346 e. The Balaban J connectivity index is 2.09. The van der Waals surface area contributed by atoms with Crippen LogP contribution in [-0.4, -0.2) is 25.8 Å².